The molecule has 0 aromatic rings. The van der Waals surface area contributed by atoms with Gasteiger partial charge in [-0.15, -0.1) is 0 Å². The van der Waals surface area contributed by atoms with Crippen LogP contribution in [0.15, 0.2) is 0 Å². The van der Waals surface area contributed by atoms with Gasteiger partial charge in [0.15, 0.2) is 18.9 Å². The maximum Gasteiger partial charge on any atom is 0.325 e. The Kier molecular flexibility index (Phi) is 37.8. The van der Waals surface area contributed by atoms with Crippen molar-refractivity contribution in [2.75, 3.05) is 98.7 Å². The van der Waals surface area contributed by atoms with Crippen LogP contribution in [-0.2, 0) is 66.3 Å². The number of nitrogens with zero attached hydrogens (tertiary/aromatic N) is 2. The molecule has 8 unspecified atom stereocenters. The molecule has 3 aliphatic rings. The van der Waals surface area contributed by atoms with E-state index in [1.165, 1.54) is 6.92 Å². The second kappa shape index (κ2) is 42.4. The monoisotopic (exact) mass is 1290 g/mol. The first-order valence-corrected chi connectivity index (χ1v) is 32.3. The maximum absolute atomic E-state index is 13.9. The smallest absolute Gasteiger partial charge is 0.325 e. The van der Waals surface area contributed by atoms with Crippen molar-refractivity contribution in [1.29, 1.82) is 0 Å². The molecule has 0 spiro atoms. The van der Waals surface area contributed by atoms with Crippen molar-refractivity contribution in [2.24, 2.45) is 11.5 Å². The van der Waals surface area contributed by atoms with Crippen LogP contribution in [-0.4, -0.2) is 298 Å². The Balaban J connectivity index is 1.60. The molecule has 17 atom stereocenters. The van der Waals surface area contributed by atoms with Gasteiger partial charge >= 0.3 is 7.60 Å². The van der Waals surface area contributed by atoms with Crippen LogP contribution < -0.4 is 32.7 Å². The Labute approximate surface area is 512 Å². The molecule has 0 aliphatic carbocycles. The lowest BCUT2D eigenvalue weighted by Crippen LogP contribution is -2.64. The van der Waals surface area contributed by atoms with Crippen molar-refractivity contribution in [1.82, 2.24) is 31.1 Å². The van der Waals surface area contributed by atoms with Gasteiger partial charge in [0, 0.05) is 111 Å². The predicted molar refractivity (Wildman–Crippen MR) is 308 cm³/mol. The third-order valence-corrected chi connectivity index (χ3v) is 15.5. The van der Waals surface area contributed by atoms with Crippen LogP contribution in [0.5, 0.6) is 0 Å². The Bertz CT molecular complexity index is 2090. The highest BCUT2D eigenvalue weighted by Gasteiger charge is 2.46. The Morgan fingerprint density at radius 2 is 0.886 bits per heavy atom. The minimum atomic E-state index is -3.83. The van der Waals surface area contributed by atoms with Crippen LogP contribution in [0.2, 0.25) is 0 Å². The first kappa shape index (κ1) is 78.5. The first-order chi connectivity index (χ1) is 41.8. The summed E-state index contributed by atoms with van der Waals surface area (Å²) in [5.74, 6) is -1.95. The summed E-state index contributed by atoms with van der Waals surface area (Å²) < 4.78 is 49.7. The van der Waals surface area contributed by atoms with Crippen molar-refractivity contribution >= 4 is 43.0 Å². The lowest BCUT2D eigenvalue weighted by Gasteiger charge is -2.42. The molecular formula is C54H101N8O25P. The van der Waals surface area contributed by atoms with Gasteiger partial charge in [-0.2, -0.15) is 0 Å². The van der Waals surface area contributed by atoms with Gasteiger partial charge in [-0.1, -0.05) is 0 Å². The van der Waals surface area contributed by atoms with E-state index in [9.17, 15) is 89.3 Å². The topological polar surface area (TPSA) is 513 Å². The summed E-state index contributed by atoms with van der Waals surface area (Å²) in [5.41, 5.74) is 11.9. The quantitative estimate of drug-likeness (QED) is 0.0199. The molecule has 3 rings (SSSR count). The molecule has 0 radical (unpaired) electrons. The van der Waals surface area contributed by atoms with Gasteiger partial charge in [-0.3, -0.25) is 33.3 Å². The average molecular weight is 1290 g/mol. The van der Waals surface area contributed by atoms with E-state index < -0.39 is 144 Å². The third kappa shape index (κ3) is 29.2. The molecule has 3 fully saturated rings. The third-order valence-electron chi connectivity index (χ3n) is 14.8. The zero-order valence-corrected chi connectivity index (χ0v) is 51.5. The number of carbonyl (C=O) groups excluding carboxylic acids is 6. The number of aliphatic hydroxyl groups excluding tert-OH is 10. The van der Waals surface area contributed by atoms with Crippen LogP contribution in [0.1, 0.15) is 110 Å². The van der Waals surface area contributed by atoms with E-state index in [0.717, 1.165) is 6.66 Å². The number of hydrogen-bond donors (Lipinski definition) is 17. The molecule has 3 heterocycles. The summed E-state index contributed by atoms with van der Waals surface area (Å²) in [6.45, 7) is 1.24. The SMILES string of the molecule is CC(=O)NC1[C@H](OCCCCC(=O)N(CCCNC(=O)CCCCO[C@@H]2OC(CO)[C@H](O)[C@H](O)C2N)CCCN(CCCNC(=O)CCCCO[C@@H]2OC(CO)[C@H](O)[C@H](O)C2N)C(=O)CCCCC(=O)NCC(O)COP(C)(=O)O)OC(CO)[C@H](O)[C@@H]1O. The van der Waals surface area contributed by atoms with E-state index in [-0.39, 0.29) is 121 Å². The maximum atomic E-state index is 13.9. The number of nitrogens with two attached hydrogens (primary N) is 2. The Hall–Kier alpha value is -3.75. The number of nitrogens with one attached hydrogen (secondary N) is 4. The fraction of sp³-hybridized carbons (Fsp3) is 0.889. The van der Waals surface area contributed by atoms with E-state index in [4.69, 9.17) is 39.9 Å². The second-order valence-corrected chi connectivity index (χ2v) is 24.1. The molecule has 34 heteroatoms. The molecule has 19 N–H and O–H groups in total. The predicted octanol–water partition coefficient (Wildman–Crippen LogP) is -6.05. The lowest BCUT2D eigenvalue weighted by atomic mass is 9.97. The number of amides is 6. The first-order valence-electron chi connectivity index (χ1n) is 30.3. The van der Waals surface area contributed by atoms with Crippen molar-refractivity contribution in [3.05, 3.63) is 0 Å². The summed E-state index contributed by atoms with van der Waals surface area (Å²) in [5, 5.41) is 111. The van der Waals surface area contributed by atoms with Gasteiger partial charge in [0.25, 0.3) is 0 Å². The minimum absolute atomic E-state index is 0.00990. The second-order valence-electron chi connectivity index (χ2n) is 22.3. The van der Waals surface area contributed by atoms with Crippen LogP contribution in [0, 0.1) is 0 Å². The molecular weight excluding hydrogens is 1190 g/mol. The highest BCUT2D eigenvalue weighted by Crippen LogP contribution is 2.36. The van der Waals surface area contributed by atoms with Crippen molar-refractivity contribution in [2.45, 2.75) is 208 Å². The fourth-order valence-electron chi connectivity index (χ4n) is 9.70. The highest BCUT2D eigenvalue weighted by atomic mass is 31.2. The number of rotatable bonds is 44. The molecule has 88 heavy (non-hydrogen) atoms. The van der Waals surface area contributed by atoms with E-state index in [2.05, 4.69) is 25.8 Å². The zero-order chi connectivity index (χ0) is 65.3. The number of aliphatic hydroxyl groups is 10. The van der Waals surface area contributed by atoms with Crippen LogP contribution in [0.3, 0.4) is 0 Å². The highest BCUT2D eigenvalue weighted by molar-refractivity contribution is 7.51. The fourth-order valence-corrected chi connectivity index (χ4v) is 10.1. The van der Waals surface area contributed by atoms with Gasteiger partial charge in [0.1, 0.15) is 61.0 Å². The Morgan fingerprint density at radius 3 is 1.31 bits per heavy atom. The van der Waals surface area contributed by atoms with Crippen molar-refractivity contribution in [3.63, 3.8) is 0 Å². The van der Waals surface area contributed by atoms with Crippen molar-refractivity contribution < 1.29 is 122 Å². The summed E-state index contributed by atoms with van der Waals surface area (Å²) >= 11 is 0. The molecule has 512 valence electrons. The Morgan fingerprint density at radius 1 is 0.523 bits per heavy atom. The van der Waals surface area contributed by atoms with Gasteiger partial charge in [-0.05, 0) is 70.6 Å². The molecule has 3 saturated heterocycles. The van der Waals surface area contributed by atoms with Gasteiger partial charge < -0.3 is 131 Å². The van der Waals surface area contributed by atoms with E-state index in [1.807, 2.05) is 0 Å². The summed E-state index contributed by atoms with van der Waals surface area (Å²) in [6.07, 6.45) is -12.1. The van der Waals surface area contributed by atoms with Crippen LogP contribution >= 0.6 is 7.60 Å². The van der Waals surface area contributed by atoms with Gasteiger partial charge in [-0.25, -0.2) is 0 Å². The molecule has 0 aromatic carbocycles. The van der Waals surface area contributed by atoms with E-state index >= 15 is 0 Å². The zero-order valence-electron chi connectivity index (χ0n) is 50.6. The van der Waals surface area contributed by atoms with E-state index in [1.54, 1.807) is 9.80 Å². The standard InChI is InChI=1S/C54H101N8O25P/c1-33(66)60-45-51(78)48(75)37(31-65)87-54(45)83-27-10-7-18-42(72)62(22-12-20-58-39(69)16-6-9-26-82-53-44(56)50(77)47(74)36(30-64)86-53)24-13-23-61(41(71)17-4-3-14-40(70)59-28-34(67)32-84-88(2,79)80)21-11-19-57-38(68)15-5-8-25-81-52-43(55)49(76)46(73)35(29-63)85-52/h34-37,43-54,63-65,67,73-78H,3-32,55-56H2,1-2H3,(H,57,68)(H,58,69)(H,59,70)(H,60,66)(H,79,80)/t34?,35?,36?,37?,43?,44?,45?,46-,47-,48-,49+,50+,51+,52+,53+,54+/m0/s1. The molecule has 0 saturated carbocycles. The number of ether oxygens (including phenoxy) is 6. The number of hydrogen-bond acceptors (Lipinski definition) is 26. The largest absolute Gasteiger partial charge is 0.394 e. The van der Waals surface area contributed by atoms with Gasteiger partial charge in [0.2, 0.25) is 35.4 Å². The molecule has 6 amide bonds. The summed E-state index contributed by atoms with van der Waals surface area (Å²) in [7, 11) is -3.83. The average Bonchev–Trinajstić information content (AvgIpc) is 3.65. The molecule has 0 bridgehead atoms. The minimum Gasteiger partial charge on any atom is -0.394 e. The van der Waals surface area contributed by atoms with Gasteiger partial charge in [0.05, 0.1) is 44.6 Å². The molecule has 0 aromatic heterocycles. The summed E-state index contributed by atoms with van der Waals surface area (Å²) in [6, 6.07) is -3.27. The van der Waals surface area contributed by atoms with Crippen molar-refractivity contribution in [3.8, 4) is 0 Å². The van der Waals surface area contributed by atoms with E-state index in [0.29, 0.717) is 70.6 Å². The number of unbranched alkanes of at least 4 members (excludes halogenated alkanes) is 4. The summed E-state index contributed by atoms with van der Waals surface area (Å²) in [4.78, 5) is 90.3. The van der Waals surface area contributed by atoms with Crippen LogP contribution in [0.4, 0.5) is 0 Å². The normalized spacial score (nSPS) is 28.2. The number of carbonyl (C=O) groups is 6. The molecule has 3 aliphatic heterocycles. The lowest BCUT2D eigenvalue weighted by molar-refractivity contribution is -0.270. The molecule has 33 nitrogen and oxygen atoms in total. The van der Waals surface area contributed by atoms with Crippen LogP contribution in [0.25, 0.3) is 0 Å².